The summed E-state index contributed by atoms with van der Waals surface area (Å²) in [6.45, 7) is 0. The molecule has 1 unspecified atom stereocenters. The molecule has 1 aromatic carbocycles. The summed E-state index contributed by atoms with van der Waals surface area (Å²) < 4.78 is 13.5. The SMILES string of the molecule is NNC(Cc1ccccc1F)c1ncccn1. The van der Waals surface area contributed by atoms with E-state index in [1.54, 1.807) is 36.7 Å². The monoisotopic (exact) mass is 232 g/mol. The number of rotatable bonds is 4. The fourth-order valence-corrected chi connectivity index (χ4v) is 1.60. The minimum Gasteiger partial charge on any atom is -0.271 e. The highest BCUT2D eigenvalue weighted by Crippen LogP contribution is 2.16. The molecule has 0 bridgehead atoms. The molecule has 5 heteroatoms. The van der Waals surface area contributed by atoms with E-state index < -0.39 is 0 Å². The summed E-state index contributed by atoms with van der Waals surface area (Å²) in [5.41, 5.74) is 3.19. The van der Waals surface area contributed by atoms with E-state index in [0.717, 1.165) is 0 Å². The van der Waals surface area contributed by atoms with Gasteiger partial charge in [-0.3, -0.25) is 5.84 Å². The van der Waals surface area contributed by atoms with Crippen molar-refractivity contribution in [3.8, 4) is 0 Å². The Balaban J connectivity index is 2.19. The van der Waals surface area contributed by atoms with Crippen LogP contribution in [0, 0.1) is 5.82 Å². The third-order valence-corrected chi connectivity index (χ3v) is 2.48. The van der Waals surface area contributed by atoms with Gasteiger partial charge in [-0.2, -0.15) is 0 Å². The first-order chi connectivity index (χ1) is 8.31. The summed E-state index contributed by atoms with van der Waals surface area (Å²) in [6, 6.07) is 8.02. The molecular weight excluding hydrogens is 219 g/mol. The molecule has 0 radical (unpaired) electrons. The van der Waals surface area contributed by atoms with E-state index >= 15 is 0 Å². The summed E-state index contributed by atoms with van der Waals surface area (Å²) in [5, 5.41) is 0. The molecule has 17 heavy (non-hydrogen) atoms. The topological polar surface area (TPSA) is 63.8 Å². The van der Waals surface area contributed by atoms with Crippen molar-refractivity contribution < 1.29 is 4.39 Å². The van der Waals surface area contributed by atoms with Gasteiger partial charge in [-0.25, -0.2) is 19.8 Å². The zero-order chi connectivity index (χ0) is 12.1. The van der Waals surface area contributed by atoms with Crippen LogP contribution < -0.4 is 11.3 Å². The van der Waals surface area contributed by atoms with Gasteiger partial charge < -0.3 is 0 Å². The average molecular weight is 232 g/mol. The van der Waals surface area contributed by atoms with Gasteiger partial charge in [0.05, 0.1) is 6.04 Å². The Morgan fingerprint density at radius 2 is 1.88 bits per heavy atom. The number of aromatic nitrogens is 2. The molecule has 3 N–H and O–H groups in total. The molecule has 0 spiro atoms. The van der Waals surface area contributed by atoms with Gasteiger partial charge in [0.15, 0.2) is 0 Å². The van der Waals surface area contributed by atoms with E-state index in [2.05, 4.69) is 15.4 Å². The van der Waals surface area contributed by atoms with Gasteiger partial charge in [0.1, 0.15) is 11.6 Å². The fourth-order valence-electron chi connectivity index (χ4n) is 1.60. The molecule has 1 aromatic heterocycles. The highest BCUT2D eigenvalue weighted by molar-refractivity contribution is 5.19. The summed E-state index contributed by atoms with van der Waals surface area (Å²) in [6.07, 6.45) is 3.68. The zero-order valence-electron chi connectivity index (χ0n) is 9.18. The normalized spacial score (nSPS) is 12.4. The first-order valence-electron chi connectivity index (χ1n) is 5.27. The summed E-state index contributed by atoms with van der Waals surface area (Å²) >= 11 is 0. The van der Waals surface area contributed by atoms with E-state index in [-0.39, 0.29) is 11.9 Å². The van der Waals surface area contributed by atoms with Gasteiger partial charge in [0, 0.05) is 12.4 Å². The maximum atomic E-state index is 13.5. The molecule has 1 heterocycles. The number of halogens is 1. The molecule has 0 aliphatic heterocycles. The van der Waals surface area contributed by atoms with Gasteiger partial charge in [0.25, 0.3) is 0 Å². The van der Waals surface area contributed by atoms with Gasteiger partial charge in [-0.05, 0) is 24.1 Å². The van der Waals surface area contributed by atoms with Crippen LogP contribution in [0.2, 0.25) is 0 Å². The molecule has 1 atom stereocenters. The van der Waals surface area contributed by atoms with Crippen LogP contribution in [-0.4, -0.2) is 9.97 Å². The van der Waals surface area contributed by atoms with Crippen LogP contribution in [0.3, 0.4) is 0 Å². The van der Waals surface area contributed by atoms with Crippen molar-refractivity contribution in [3.05, 3.63) is 59.9 Å². The molecule has 0 saturated carbocycles. The number of hydrogen-bond donors (Lipinski definition) is 2. The maximum Gasteiger partial charge on any atom is 0.146 e. The van der Waals surface area contributed by atoms with E-state index in [1.165, 1.54) is 6.07 Å². The molecule has 0 aliphatic carbocycles. The van der Waals surface area contributed by atoms with E-state index in [9.17, 15) is 4.39 Å². The average Bonchev–Trinajstić information content (AvgIpc) is 2.39. The summed E-state index contributed by atoms with van der Waals surface area (Å²) in [4.78, 5) is 8.20. The summed E-state index contributed by atoms with van der Waals surface area (Å²) in [5.74, 6) is 5.76. The highest BCUT2D eigenvalue weighted by atomic mass is 19.1. The Labute approximate surface area is 98.7 Å². The standard InChI is InChI=1S/C12H13FN4/c13-10-5-2-1-4-9(10)8-11(17-14)12-15-6-3-7-16-12/h1-7,11,17H,8,14H2. The van der Waals surface area contributed by atoms with Gasteiger partial charge in [-0.15, -0.1) is 0 Å². The first-order valence-corrected chi connectivity index (χ1v) is 5.27. The van der Waals surface area contributed by atoms with Crippen molar-refractivity contribution in [1.82, 2.24) is 15.4 Å². The minimum absolute atomic E-state index is 0.247. The number of nitrogens with one attached hydrogen (secondary N) is 1. The highest BCUT2D eigenvalue weighted by Gasteiger charge is 2.14. The molecule has 0 aliphatic rings. The predicted octanol–water partition coefficient (Wildman–Crippen LogP) is 1.36. The lowest BCUT2D eigenvalue weighted by Crippen LogP contribution is -2.31. The van der Waals surface area contributed by atoms with Gasteiger partial charge in [-0.1, -0.05) is 18.2 Å². The number of hydrazine groups is 1. The minimum atomic E-state index is -0.298. The van der Waals surface area contributed by atoms with Crippen LogP contribution in [0.4, 0.5) is 4.39 Å². The number of benzene rings is 1. The van der Waals surface area contributed by atoms with Crippen molar-refractivity contribution in [2.45, 2.75) is 12.5 Å². The lowest BCUT2D eigenvalue weighted by atomic mass is 10.1. The molecule has 0 amide bonds. The Bertz CT molecular complexity index is 475. The van der Waals surface area contributed by atoms with Crippen LogP contribution >= 0.6 is 0 Å². The van der Waals surface area contributed by atoms with E-state index in [1.807, 2.05) is 0 Å². The van der Waals surface area contributed by atoms with E-state index in [4.69, 9.17) is 5.84 Å². The number of nitrogens with two attached hydrogens (primary N) is 1. The van der Waals surface area contributed by atoms with Gasteiger partial charge >= 0.3 is 0 Å². The lowest BCUT2D eigenvalue weighted by molar-refractivity contribution is 0.506. The Kier molecular flexibility index (Phi) is 3.74. The van der Waals surface area contributed by atoms with Gasteiger partial charge in [0.2, 0.25) is 0 Å². The van der Waals surface area contributed by atoms with Crippen molar-refractivity contribution in [1.29, 1.82) is 0 Å². The second-order valence-electron chi connectivity index (χ2n) is 3.62. The fraction of sp³-hybridized carbons (Fsp3) is 0.167. The van der Waals surface area contributed by atoms with E-state index in [0.29, 0.717) is 17.8 Å². The Morgan fingerprint density at radius 3 is 2.53 bits per heavy atom. The van der Waals surface area contributed by atoms with Crippen molar-refractivity contribution in [2.24, 2.45) is 5.84 Å². The maximum absolute atomic E-state index is 13.5. The van der Waals surface area contributed by atoms with Crippen LogP contribution in [-0.2, 0) is 6.42 Å². The number of nitrogens with zero attached hydrogens (tertiary/aromatic N) is 2. The molecule has 88 valence electrons. The largest absolute Gasteiger partial charge is 0.271 e. The molecular formula is C12H13FN4. The predicted molar refractivity (Wildman–Crippen MR) is 62.2 cm³/mol. The van der Waals surface area contributed by atoms with Crippen molar-refractivity contribution >= 4 is 0 Å². The number of hydrogen-bond acceptors (Lipinski definition) is 4. The quantitative estimate of drug-likeness (QED) is 0.617. The molecule has 2 aromatic rings. The van der Waals surface area contributed by atoms with Crippen molar-refractivity contribution in [2.75, 3.05) is 0 Å². The summed E-state index contributed by atoms with van der Waals surface area (Å²) in [7, 11) is 0. The molecule has 4 nitrogen and oxygen atoms in total. The van der Waals surface area contributed by atoms with Crippen LogP contribution in [0.1, 0.15) is 17.4 Å². The smallest absolute Gasteiger partial charge is 0.146 e. The third kappa shape index (κ3) is 2.83. The van der Waals surface area contributed by atoms with Crippen LogP contribution in [0.15, 0.2) is 42.7 Å². The third-order valence-electron chi connectivity index (χ3n) is 2.48. The van der Waals surface area contributed by atoms with Crippen LogP contribution in [0.25, 0.3) is 0 Å². The first kappa shape index (κ1) is 11.6. The zero-order valence-corrected chi connectivity index (χ0v) is 9.18. The molecule has 2 rings (SSSR count). The molecule has 0 fully saturated rings. The molecule has 0 saturated heterocycles. The van der Waals surface area contributed by atoms with Crippen LogP contribution in [0.5, 0.6) is 0 Å². The second kappa shape index (κ2) is 5.47. The Hall–Kier alpha value is -1.85. The second-order valence-corrected chi connectivity index (χ2v) is 3.62. The Morgan fingerprint density at radius 1 is 1.18 bits per heavy atom. The lowest BCUT2D eigenvalue weighted by Gasteiger charge is -2.14. The van der Waals surface area contributed by atoms with Crippen molar-refractivity contribution in [3.63, 3.8) is 0 Å².